The lowest BCUT2D eigenvalue weighted by atomic mass is 10.2. The molecule has 0 aliphatic rings. The first-order valence-corrected chi connectivity index (χ1v) is 7.21. The summed E-state index contributed by atoms with van der Waals surface area (Å²) in [7, 11) is 0. The van der Waals surface area contributed by atoms with Gasteiger partial charge >= 0.3 is 0 Å². The number of benzene rings is 1. The molecule has 22 heavy (non-hydrogen) atoms. The van der Waals surface area contributed by atoms with Gasteiger partial charge in [-0.15, -0.1) is 0 Å². The number of hydrogen-bond acceptors (Lipinski definition) is 4. The maximum Gasteiger partial charge on any atom is 0.270 e. The lowest BCUT2D eigenvalue weighted by Crippen LogP contribution is -2.25. The number of carbonyl (C=O) groups excluding carboxylic acids is 1. The highest BCUT2D eigenvalue weighted by atomic mass is 19.1. The second kappa shape index (κ2) is 7.49. The lowest BCUT2D eigenvalue weighted by Gasteiger charge is -2.11. The van der Waals surface area contributed by atoms with Crippen LogP contribution in [0.25, 0.3) is 0 Å². The van der Waals surface area contributed by atoms with Crippen LogP contribution in [-0.4, -0.2) is 21.9 Å². The van der Waals surface area contributed by atoms with Crippen LogP contribution in [0.1, 0.15) is 36.3 Å². The van der Waals surface area contributed by atoms with Crippen molar-refractivity contribution in [3.8, 4) is 0 Å². The predicted molar refractivity (Wildman–Crippen MR) is 83.0 cm³/mol. The first kappa shape index (κ1) is 15.9. The molecule has 0 aliphatic heterocycles. The van der Waals surface area contributed by atoms with E-state index >= 15 is 0 Å². The highest BCUT2D eigenvalue weighted by Crippen LogP contribution is 2.07. The number of hydrogen-bond donors (Lipinski definition) is 2. The molecule has 0 bridgehead atoms. The number of carbonyl (C=O) groups is 1. The molecular formula is C16H19FN4O. The van der Waals surface area contributed by atoms with Crippen molar-refractivity contribution in [1.29, 1.82) is 0 Å². The van der Waals surface area contributed by atoms with Crippen molar-refractivity contribution < 1.29 is 9.18 Å². The van der Waals surface area contributed by atoms with Crippen LogP contribution in [0.4, 0.5) is 10.3 Å². The molecule has 1 aromatic heterocycles. The van der Waals surface area contributed by atoms with Crippen molar-refractivity contribution >= 4 is 11.9 Å². The van der Waals surface area contributed by atoms with Gasteiger partial charge in [-0.1, -0.05) is 25.1 Å². The fourth-order valence-electron chi connectivity index (χ4n) is 1.78. The molecule has 1 aromatic carbocycles. The Balaban J connectivity index is 2.00. The highest BCUT2D eigenvalue weighted by Gasteiger charge is 2.10. The van der Waals surface area contributed by atoms with Crippen molar-refractivity contribution in [3.63, 3.8) is 0 Å². The van der Waals surface area contributed by atoms with Gasteiger partial charge in [-0.25, -0.2) is 14.4 Å². The molecule has 2 rings (SSSR count). The van der Waals surface area contributed by atoms with E-state index in [0.29, 0.717) is 11.5 Å². The molecule has 5 nitrogen and oxygen atoms in total. The van der Waals surface area contributed by atoms with Gasteiger partial charge < -0.3 is 10.6 Å². The van der Waals surface area contributed by atoms with E-state index in [1.54, 1.807) is 18.2 Å². The average Bonchev–Trinajstić information content (AvgIpc) is 2.54. The SMILES string of the molecule is CCC(C)Nc1nccc(C(=O)NCc2ccccc2F)n1. The zero-order valence-electron chi connectivity index (χ0n) is 12.6. The Morgan fingerprint density at radius 1 is 1.32 bits per heavy atom. The van der Waals surface area contributed by atoms with Crippen molar-refractivity contribution in [2.45, 2.75) is 32.9 Å². The summed E-state index contributed by atoms with van der Waals surface area (Å²) >= 11 is 0. The molecule has 1 unspecified atom stereocenters. The maximum atomic E-state index is 13.5. The number of rotatable bonds is 6. The van der Waals surface area contributed by atoms with E-state index in [1.807, 2.05) is 13.8 Å². The van der Waals surface area contributed by atoms with Gasteiger partial charge in [0.25, 0.3) is 5.91 Å². The molecule has 0 fully saturated rings. The Hall–Kier alpha value is -2.50. The minimum absolute atomic E-state index is 0.115. The number of halogens is 1. The van der Waals surface area contributed by atoms with Crippen molar-refractivity contribution in [2.24, 2.45) is 0 Å². The van der Waals surface area contributed by atoms with Gasteiger partial charge in [0.2, 0.25) is 5.95 Å². The molecule has 2 N–H and O–H groups in total. The lowest BCUT2D eigenvalue weighted by molar-refractivity contribution is 0.0945. The minimum Gasteiger partial charge on any atom is -0.352 e. The molecule has 0 spiro atoms. The first-order valence-electron chi connectivity index (χ1n) is 7.21. The third-order valence-corrected chi connectivity index (χ3v) is 3.27. The number of nitrogens with one attached hydrogen (secondary N) is 2. The zero-order chi connectivity index (χ0) is 15.9. The van der Waals surface area contributed by atoms with E-state index in [1.165, 1.54) is 18.3 Å². The van der Waals surface area contributed by atoms with Crippen molar-refractivity contribution in [3.05, 3.63) is 53.6 Å². The van der Waals surface area contributed by atoms with Gasteiger partial charge in [0.15, 0.2) is 0 Å². The van der Waals surface area contributed by atoms with Crippen LogP contribution >= 0.6 is 0 Å². The number of aromatic nitrogens is 2. The first-order chi connectivity index (χ1) is 10.6. The molecule has 2 aromatic rings. The van der Waals surface area contributed by atoms with E-state index < -0.39 is 0 Å². The van der Waals surface area contributed by atoms with E-state index in [4.69, 9.17) is 0 Å². The predicted octanol–water partition coefficient (Wildman–Crippen LogP) is 2.76. The van der Waals surface area contributed by atoms with Gasteiger partial charge in [-0.05, 0) is 25.5 Å². The summed E-state index contributed by atoms with van der Waals surface area (Å²) in [5.41, 5.74) is 0.681. The van der Waals surface area contributed by atoms with Crippen LogP contribution in [0.15, 0.2) is 36.5 Å². The van der Waals surface area contributed by atoms with Crippen LogP contribution in [0.5, 0.6) is 0 Å². The Labute approximate surface area is 129 Å². The largest absolute Gasteiger partial charge is 0.352 e. The van der Waals surface area contributed by atoms with Gasteiger partial charge in [0.05, 0.1) is 0 Å². The molecule has 0 aliphatic carbocycles. The van der Waals surface area contributed by atoms with E-state index in [2.05, 4.69) is 20.6 Å². The van der Waals surface area contributed by atoms with Gasteiger partial charge in [-0.3, -0.25) is 4.79 Å². The van der Waals surface area contributed by atoms with E-state index in [9.17, 15) is 9.18 Å². The summed E-state index contributed by atoms with van der Waals surface area (Å²) in [5.74, 6) is -0.296. The minimum atomic E-state index is -0.363. The van der Waals surface area contributed by atoms with Crippen molar-refractivity contribution in [2.75, 3.05) is 5.32 Å². The average molecular weight is 302 g/mol. The second-order valence-corrected chi connectivity index (χ2v) is 4.99. The van der Waals surface area contributed by atoms with Crippen LogP contribution in [0, 0.1) is 5.82 Å². The molecule has 0 saturated carbocycles. The van der Waals surface area contributed by atoms with Crippen LogP contribution in [0.3, 0.4) is 0 Å². The Morgan fingerprint density at radius 3 is 2.82 bits per heavy atom. The molecule has 116 valence electrons. The van der Waals surface area contributed by atoms with Crippen LogP contribution in [-0.2, 0) is 6.54 Å². The smallest absolute Gasteiger partial charge is 0.270 e. The molecule has 0 saturated heterocycles. The monoisotopic (exact) mass is 302 g/mol. The number of nitrogens with zero attached hydrogens (tertiary/aromatic N) is 2. The summed E-state index contributed by atoms with van der Waals surface area (Å²) in [4.78, 5) is 20.3. The van der Waals surface area contributed by atoms with E-state index in [-0.39, 0.29) is 30.0 Å². The van der Waals surface area contributed by atoms with Crippen LogP contribution in [0.2, 0.25) is 0 Å². The Bertz CT molecular complexity index is 648. The zero-order valence-corrected chi connectivity index (χ0v) is 12.6. The summed E-state index contributed by atoms with van der Waals surface area (Å²) in [5, 5.41) is 5.76. The van der Waals surface area contributed by atoms with E-state index in [0.717, 1.165) is 6.42 Å². The molecular weight excluding hydrogens is 283 g/mol. The fourth-order valence-corrected chi connectivity index (χ4v) is 1.78. The topological polar surface area (TPSA) is 66.9 Å². The summed E-state index contributed by atoms with van der Waals surface area (Å²) in [6, 6.07) is 8.07. The molecule has 1 atom stereocenters. The highest BCUT2D eigenvalue weighted by molar-refractivity contribution is 5.92. The third-order valence-electron chi connectivity index (χ3n) is 3.27. The standard InChI is InChI=1S/C16H19FN4O/c1-3-11(2)20-16-18-9-8-14(21-16)15(22)19-10-12-6-4-5-7-13(12)17/h4-9,11H,3,10H2,1-2H3,(H,19,22)(H,18,20,21). The summed E-state index contributed by atoms with van der Waals surface area (Å²) < 4.78 is 13.5. The van der Waals surface area contributed by atoms with Gasteiger partial charge in [0.1, 0.15) is 11.5 Å². The quantitative estimate of drug-likeness (QED) is 0.861. The molecule has 6 heteroatoms. The Morgan fingerprint density at radius 2 is 2.09 bits per heavy atom. The second-order valence-electron chi connectivity index (χ2n) is 4.99. The summed E-state index contributed by atoms with van der Waals surface area (Å²) in [6.07, 6.45) is 2.45. The molecule has 1 amide bonds. The fraction of sp³-hybridized carbons (Fsp3) is 0.312. The molecule has 0 radical (unpaired) electrons. The normalized spacial score (nSPS) is 11.8. The summed E-state index contributed by atoms with van der Waals surface area (Å²) in [6.45, 7) is 4.17. The van der Waals surface area contributed by atoms with Gasteiger partial charge in [-0.2, -0.15) is 0 Å². The third kappa shape index (κ3) is 4.25. The van der Waals surface area contributed by atoms with Crippen LogP contribution < -0.4 is 10.6 Å². The Kier molecular flexibility index (Phi) is 5.41. The maximum absolute atomic E-state index is 13.5. The number of anilines is 1. The van der Waals surface area contributed by atoms with Crippen molar-refractivity contribution in [1.82, 2.24) is 15.3 Å². The number of amides is 1. The van der Waals surface area contributed by atoms with Gasteiger partial charge in [0, 0.05) is 24.3 Å². The molecule has 1 heterocycles.